The molecule has 1 nitrogen and oxygen atoms in total. The van der Waals surface area contributed by atoms with Gasteiger partial charge in [-0.25, -0.2) is 0 Å². The molecule has 13 heavy (non-hydrogen) atoms. The molecule has 0 saturated heterocycles. The lowest BCUT2D eigenvalue weighted by atomic mass is 10.2. The number of fused-ring (bicyclic) bond motifs is 4. The fraction of sp³-hybridized carbons (Fsp3) is 0.250. The highest BCUT2D eigenvalue weighted by Gasteiger charge is 2.23. The van der Waals surface area contributed by atoms with E-state index in [-0.39, 0.29) is 0 Å². The minimum Gasteiger partial charge on any atom is -0.372 e. The molecule has 0 radical (unpaired) electrons. The number of halogens is 4. The molecule has 2 aliphatic heterocycles. The molecule has 0 amide bonds. The molecule has 0 fully saturated rings. The fourth-order valence-corrected chi connectivity index (χ4v) is 2.38. The SMILES string of the molecule is Clc1c(Cl)c2c(Cl)c(Cl)c1COC2. The van der Waals surface area contributed by atoms with Gasteiger partial charge in [-0.3, -0.25) is 0 Å². The maximum Gasteiger partial charge on any atom is 0.0751 e. The molecule has 0 unspecified atom stereocenters. The van der Waals surface area contributed by atoms with Crippen molar-refractivity contribution >= 4 is 46.4 Å². The molecule has 3 rings (SSSR count). The third kappa shape index (κ3) is 1.43. The van der Waals surface area contributed by atoms with Gasteiger partial charge < -0.3 is 4.74 Å². The normalized spacial score (nSPS) is 14.8. The van der Waals surface area contributed by atoms with Crippen LogP contribution in [0.5, 0.6) is 0 Å². The van der Waals surface area contributed by atoms with Crippen LogP contribution in [0, 0.1) is 0 Å². The van der Waals surface area contributed by atoms with Gasteiger partial charge in [0.1, 0.15) is 0 Å². The van der Waals surface area contributed by atoms with Gasteiger partial charge in [0.15, 0.2) is 0 Å². The van der Waals surface area contributed by atoms with Crippen LogP contribution in [0.4, 0.5) is 0 Å². The zero-order valence-electron chi connectivity index (χ0n) is 6.33. The largest absolute Gasteiger partial charge is 0.372 e. The Morgan fingerprint density at radius 2 is 1.00 bits per heavy atom. The average molecular weight is 258 g/mol. The average Bonchev–Trinajstić information content (AvgIpc) is 2.33. The van der Waals surface area contributed by atoms with Gasteiger partial charge in [-0.1, -0.05) is 46.4 Å². The first kappa shape index (κ1) is 9.88. The van der Waals surface area contributed by atoms with Crippen molar-refractivity contribution in [2.75, 3.05) is 0 Å². The van der Waals surface area contributed by atoms with Crippen LogP contribution in [-0.2, 0) is 18.0 Å². The third-order valence-corrected chi connectivity index (χ3v) is 3.80. The summed E-state index contributed by atoms with van der Waals surface area (Å²) < 4.78 is 5.27. The van der Waals surface area contributed by atoms with Crippen LogP contribution in [0.3, 0.4) is 0 Å². The summed E-state index contributed by atoms with van der Waals surface area (Å²) in [4.78, 5) is 0. The number of hydrogen-bond acceptors (Lipinski definition) is 1. The highest BCUT2D eigenvalue weighted by Crippen LogP contribution is 2.43. The molecule has 0 atom stereocenters. The Hall–Kier alpha value is 0.340. The molecule has 2 heterocycles. The van der Waals surface area contributed by atoms with E-state index in [9.17, 15) is 0 Å². The van der Waals surface area contributed by atoms with E-state index < -0.39 is 0 Å². The van der Waals surface area contributed by atoms with E-state index in [0.29, 0.717) is 44.4 Å². The lowest BCUT2D eigenvalue weighted by Crippen LogP contribution is -1.87. The Balaban J connectivity index is 2.82. The van der Waals surface area contributed by atoms with Crippen LogP contribution in [0.2, 0.25) is 20.1 Å². The van der Waals surface area contributed by atoms with E-state index >= 15 is 0 Å². The Kier molecular flexibility index (Phi) is 2.65. The lowest BCUT2D eigenvalue weighted by molar-refractivity contribution is 0.111. The van der Waals surface area contributed by atoms with E-state index in [2.05, 4.69) is 0 Å². The van der Waals surface area contributed by atoms with Crippen molar-refractivity contribution in [2.24, 2.45) is 0 Å². The van der Waals surface area contributed by atoms with Crippen molar-refractivity contribution in [3.63, 3.8) is 0 Å². The molecule has 0 aliphatic carbocycles. The quantitative estimate of drug-likeness (QED) is 0.629. The monoisotopic (exact) mass is 256 g/mol. The first-order valence-electron chi connectivity index (χ1n) is 3.54. The van der Waals surface area contributed by atoms with Gasteiger partial charge in [-0.05, 0) is 0 Å². The summed E-state index contributed by atoms with van der Waals surface area (Å²) in [5.74, 6) is 0. The molecule has 2 aliphatic rings. The molecule has 1 aromatic carbocycles. The summed E-state index contributed by atoms with van der Waals surface area (Å²) in [5.41, 5.74) is 1.33. The van der Waals surface area contributed by atoms with E-state index in [1.807, 2.05) is 0 Å². The fourth-order valence-electron chi connectivity index (χ4n) is 1.23. The second-order valence-electron chi connectivity index (χ2n) is 2.71. The van der Waals surface area contributed by atoms with E-state index in [4.69, 9.17) is 51.1 Å². The van der Waals surface area contributed by atoms with Gasteiger partial charge in [0.05, 0.1) is 33.3 Å². The Bertz CT molecular complexity index is 311. The predicted octanol–water partition coefficient (Wildman–Crippen LogP) is 4.33. The van der Waals surface area contributed by atoms with Crippen molar-refractivity contribution in [2.45, 2.75) is 13.2 Å². The molecule has 70 valence electrons. The van der Waals surface area contributed by atoms with Crippen molar-refractivity contribution < 1.29 is 4.74 Å². The molecular weight excluding hydrogens is 254 g/mol. The zero-order valence-corrected chi connectivity index (χ0v) is 9.36. The molecule has 5 heteroatoms. The highest BCUT2D eigenvalue weighted by molar-refractivity contribution is 6.48. The Morgan fingerprint density at radius 3 is 1.31 bits per heavy atom. The van der Waals surface area contributed by atoms with E-state index in [1.165, 1.54) is 0 Å². The smallest absolute Gasteiger partial charge is 0.0751 e. The molecule has 0 aromatic heterocycles. The van der Waals surface area contributed by atoms with Gasteiger partial charge in [0.2, 0.25) is 0 Å². The molecule has 2 bridgehead atoms. The second kappa shape index (κ2) is 3.48. The summed E-state index contributed by atoms with van der Waals surface area (Å²) in [6, 6.07) is 0. The van der Waals surface area contributed by atoms with E-state index in [1.54, 1.807) is 0 Å². The molecule has 0 saturated carbocycles. The van der Waals surface area contributed by atoms with Crippen LogP contribution in [0.15, 0.2) is 0 Å². The number of ether oxygens (including phenoxy) is 1. The minimum atomic E-state index is 0.355. The maximum absolute atomic E-state index is 5.96. The predicted molar refractivity (Wildman–Crippen MR) is 55.0 cm³/mol. The first-order valence-corrected chi connectivity index (χ1v) is 5.05. The van der Waals surface area contributed by atoms with Crippen molar-refractivity contribution in [3.8, 4) is 0 Å². The molecular formula is C8H4Cl4O. The van der Waals surface area contributed by atoms with Crippen molar-refractivity contribution in [1.29, 1.82) is 0 Å². The summed E-state index contributed by atoms with van der Waals surface area (Å²) in [6.45, 7) is 0.710. The Labute approximate surface area is 95.5 Å². The molecule has 1 aromatic rings. The van der Waals surface area contributed by atoms with Gasteiger partial charge in [-0.2, -0.15) is 0 Å². The van der Waals surface area contributed by atoms with Crippen LogP contribution in [-0.4, -0.2) is 0 Å². The Morgan fingerprint density at radius 1 is 0.692 bits per heavy atom. The topological polar surface area (TPSA) is 9.23 Å². The summed E-state index contributed by atoms with van der Waals surface area (Å²) in [7, 11) is 0. The molecule has 0 spiro atoms. The van der Waals surface area contributed by atoms with Gasteiger partial charge in [0, 0.05) is 11.1 Å². The lowest BCUT2D eigenvalue weighted by Gasteiger charge is -2.07. The number of benzene rings is 1. The van der Waals surface area contributed by atoms with Crippen LogP contribution in [0.25, 0.3) is 0 Å². The third-order valence-electron chi connectivity index (χ3n) is 1.94. The summed E-state index contributed by atoms with van der Waals surface area (Å²) >= 11 is 23.8. The van der Waals surface area contributed by atoms with Gasteiger partial charge >= 0.3 is 0 Å². The number of rotatable bonds is 0. The molecule has 0 N–H and O–H groups in total. The van der Waals surface area contributed by atoms with Gasteiger partial charge in [-0.15, -0.1) is 0 Å². The maximum atomic E-state index is 5.96. The first-order chi connectivity index (χ1) is 6.13. The van der Waals surface area contributed by atoms with Crippen LogP contribution in [0.1, 0.15) is 11.1 Å². The highest BCUT2D eigenvalue weighted by atomic mass is 35.5. The zero-order chi connectivity index (χ0) is 9.59. The summed E-state index contributed by atoms with van der Waals surface area (Å²) in [5, 5.41) is 1.79. The van der Waals surface area contributed by atoms with Gasteiger partial charge in [0.25, 0.3) is 0 Å². The van der Waals surface area contributed by atoms with E-state index in [0.717, 1.165) is 0 Å². The van der Waals surface area contributed by atoms with Crippen LogP contribution >= 0.6 is 46.4 Å². The standard InChI is InChI=1S/C8H4Cl4O/c9-5-3-1-13-2-4(7(5)11)8(12)6(3)10/h1-2H2. The number of hydrogen-bond donors (Lipinski definition) is 0. The van der Waals surface area contributed by atoms with Crippen molar-refractivity contribution in [3.05, 3.63) is 31.2 Å². The van der Waals surface area contributed by atoms with Crippen LogP contribution < -0.4 is 0 Å². The second-order valence-corrected chi connectivity index (χ2v) is 4.22. The van der Waals surface area contributed by atoms with Crippen molar-refractivity contribution in [1.82, 2.24) is 0 Å². The minimum absolute atomic E-state index is 0.355. The summed E-state index contributed by atoms with van der Waals surface area (Å²) in [6.07, 6.45) is 0.